The van der Waals surface area contributed by atoms with Crippen LogP contribution in [0.2, 0.25) is 0 Å². The maximum Gasteiger partial charge on any atom is 0.208 e. The van der Waals surface area contributed by atoms with E-state index in [1.54, 1.807) is 0 Å². The van der Waals surface area contributed by atoms with Crippen molar-refractivity contribution in [2.45, 2.75) is 66.5 Å². The summed E-state index contributed by atoms with van der Waals surface area (Å²) in [6, 6.07) is 5.83. The zero-order valence-corrected chi connectivity index (χ0v) is 21.9. The lowest BCUT2D eigenvalue weighted by atomic mass is 10.1. The van der Waals surface area contributed by atoms with E-state index in [4.69, 9.17) is 20.2 Å². The van der Waals surface area contributed by atoms with Gasteiger partial charge in [0.25, 0.3) is 0 Å². The minimum atomic E-state index is -3.10. The fourth-order valence-corrected chi connectivity index (χ4v) is 4.21. The molecular formula is C24H39N5O4S. The summed E-state index contributed by atoms with van der Waals surface area (Å²) in [5.41, 5.74) is 8.65. The summed E-state index contributed by atoms with van der Waals surface area (Å²) < 4.78 is 38.3. The van der Waals surface area contributed by atoms with Crippen molar-refractivity contribution in [2.75, 3.05) is 31.7 Å². The number of sulfonamides is 1. The Morgan fingerprint density at radius 2 is 1.82 bits per heavy atom. The molecule has 2 aromatic heterocycles. The van der Waals surface area contributed by atoms with E-state index in [1.165, 1.54) is 6.26 Å². The van der Waals surface area contributed by atoms with Crippen LogP contribution in [0.25, 0.3) is 21.9 Å². The lowest BCUT2D eigenvalue weighted by molar-refractivity contribution is 0.126. The molecule has 34 heavy (non-hydrogen) atoms. The van der Waals surface area contributed by atoms with Crippen LogP contribution in [0, 0.1) is 0 Å². The molecule has 0 aliphatic carbocycles. The largest absolute Gasteiger partial charge is 0.494 e. The summed E-state index contributed by atoms with van der Waals surface area (Å²) in [5, 5.41) is 0.954. The van der Waals surface area contributed by atoms with Crippen molar-refractivity contribution < 1.29 is 17.9 Å². The molecule has 3 rings (SSSR count). The predicted octanol–water partition coefficient (Wildman–Crippen LogP) is 4.24. The first-order valence-electron chi connectivity index (χ1n) is 12.1. The highest BCUT2D eigenvalue weighted by Crippen LogP contribution is 2.31. The monoisotopic (exact) mass is 493 g/mol. The average molecular weight is 494 g/mol. The number of rotatable bonds is 13. The number of hydrogen-bond acceptors (Lipinski definition) is 7. The number of nitrogens with zero attached hydrogens (tertiary/aromatic N) is 3. The molecule has 2 heterocycles. The number of unbranched alkanes of at least 4 members (excludes halogenated alkanes) is 3. The molecule has 1 aromatic carbocycles. The van der Waals surface area contributed by atoms with Crippen molar-refractivity contribution >= 4 is 37.8 Å². The van der Waals surface area contributed by atoms with Crippen LogP contribution in [-0.2, 0) is 27.9 Å². The van der Waals surface area contributed by atoms with E-state index in [1.807, 2.05) is 39.0 Å². The van der Waals surface area contributed by atoms with Gasteiger partial charge in [0.1, 0.15) is 23.7 Å². The summed E-state index contributed by atoms with van der Waals surface area (Å²) in [5.74, 6) is 2.03. The fourth-order valence-electron chi connectivity index (χ4n) is 3.70. The number of benzene rings is 1. The van der Waals surface area contributed by atoms with Crippen LogP contribution in [0.5, 0.6) is 5.75 Å². The van der Waals surface area contributed by atoms with Crippen LogP contribution in [0.3, 0.4) is 0 Å². The van der Waals surface area contributed by atoms with Crippen LogP contribution in [-0.4, -0.2) is 49.0 Å². The second kappa shape index (κ2) is 13.5. The Morgan fingerprint density at radius 3 is 2.50 bits per heavy atom. The Kier molecular flexibility index (Phi) is 11.0. The van der Waals surface area contributed by atoms with Gasteiger partial charge in [-0.3, -0.25) is 0 Å². The molecule has 0 radical (unpaired) electrons. The molecule has 0 amide bonds. The minimum Gasteiger partial charge on any atom is -0.494 e. The maximum absolute atomic E-state index is 11.1. The number of hydrogen-bond donors (Lipinski definition) is 2. The number of fused-ring (bicyclic) bond motifs is 3. The number of nitrogen functional groups attached to an aromatic ring is 1. The molecule has 3 N–H and O–H groups in total. The van der Waals surface area contributed by atoms with Crippen molar-refractivity contribution in [3.8, 4) is 5.75 Å². The highest BCUT2D eigenvalue weighted by Gasteiger charge is 2.17. The molecule has 3 aromatic rings. The standard InChI is InChI=1S/C22H33N5O4S.C2H6/c1-4-27-19(15-30-5-2)26-20-21(27)17-14-16(10-11-18(17)25-22(20)23)31-13-9-7-6-8-12-24-32(3,28)29;1-2/h10-11,14,24H,4-9,12-13,15H2,1-3H3,(H2,23,25);1-2H3. The Morgan fingerprint density at radius 1 is 1.09 bits per heavy atom. The van der Waals surface area contributed by atoms with Gasteiger partial charge in [0.05, 0.1) is 23.9 Å². The molecular weight excluding hydrogens is 454 g/mol. The SMILES string of the molecule is CC.CCOCc1nc2c(N)nc3ccc(OCCCCCCNS(C)(=O)=O)cc3c2n1CC. The van der Waals surface area contributed by atoms with Gasteiger partial charge in [0, 0.05) is 25.1 Å². The molecule has 190 valence electrons. The number of pyridine rings is 1. The Labute approximate surface area is 203 Å². The number of aromatic nitrogens is 3. The van der Waals surface area contributed by atoms with Gasteiger partial charge in [0.2, 0.25) is 10.0 Å². The lowest BCUT2D eigenvalue weighted by Gasteiger charge is -2.11. The first kappa shape index (κ1) is 27.8. The quantitative estimate of drug-likeness (QED) is 0.342. The molecule has 0 fully saturated rings. The Balaban J connectivity index is 0.00000199. The second-order valence-corrected chi connectivity index (χ2v) is 9.54. The molecule has 0 spiro atoms. The van der Waals surface area contributed by atoms with E-state index in [9.17, 15) is 8.42 Å². The van der Waals surface area contributed by atoms with Crippen LogP contribution in [0.15, 0.2) is 18.2 Å². The van der Waals surface area contributed by atoms with E-state index in [0.29, 0.717) is 37.7 Å². The van der Waals surface area contributed by atoms with Crippen LogP contribution in [0.1, 0.15) is 59.2 Å². The average Bonchev–Trinajstić information content (AvgIpc) is 3.19. The van der Waals surface area contributed by atoms with E-state index in [2.05, 4.69) is 21.2 Å². The molecule has 0 unspecified atom stereocenters. The third kappa shape index (κ3) is 7.54. The Bertz CT molecular complexity index is 1160. The van der Waals surface area contributed by atoms with E-state index in [0.717, 1.165) is 60.2 Å². The smallest absolute Gasteiger partial charge is 0.208 e. The van der Waals surface area contributed by atoms with Gasteiger partial charge in [-0.15, -0.1) is 0 Å². The van der Waals surface area contributed by atoms with Crippen LogP contribution in [0.4, 0.5) is 5.82 Å². The van der Waals surface area contributed by atoms with E-state index >= 15 is 0 Å². The lowest BCUT2D eigenvalue weighted by Crippen LogP contribution is -2.22. The van der Waals surface area contributed by atoms with Crippen LogP contribution < -0.4 is 15.2 Å². The van der Waals surface area contributed by atoms with Gasteiger partial charge in [0.15, 0.2) is 5.82 Å². The van der Waals surface area contributed by atoms with E-state index in [-0.39, 0.29) is 0 Å². The van der Waals surface area contributed by atoms with Gasteiger partial charge in [-0.1, -0.05) is 26.7 Å². The number of nitrogens with one attached hydrogen (secondary N) is 1. The molecule has 0 aliphatic rings. The zero-order valence-electron chi connectivity index (χ0n) is 21.1. The molecule has 9 nitrogen and oxygen atoms in total. The van der Waals surface area contributed by atoms with E-state index < -0.39 is 10.0 Å². The third-order valence-corrected chi connectivity index (χ3v) is 5.94. The topological polar surface area (TPSA) is 121 Å². The second-order valence-electron chi connectivity index (χ2n) is 7.71. The molecule has 0 saturated carbocycles. The highest BCUT2D eigenvalue weighted by atomic mass is 32.2. The molecule has 0 saturated heterocycles. The van der Waals surface area contributed by atoms with Crippen molar-refractivity contribution in [2.24, 2.45) is 0 Å². The highest BCUT2D eigenvalue weighted by molar-refractivity contribution is 7.88. The first-order chi connectivity index (χ1) is 16.3. The summed E-state index contributed by atoms with van der Waals surface area (Å²) in [4.78, 5) is 9.22. The van der Waals surface area contributed by atoms with Gasteiger partial charge >= 0.3 is 0 Å². The molecule has 0 bridgehead atoms. The number of imidazole rings is 1. The fraction of sp³-hybridized carbons (Fsp3) is 0.583. The summed E-state index contributed by atoms with van der Waals surface area (Å²) in [7, 11) is -3.10. The summed E-state index contributed by atoms with van der Waals surface area (Å²) >= 11 is 0. The van der Waals surface area contributed by atoms with Gasteiger partial charge in [-0.25, -0.2) is 23.1 Å². The normalized spacial score (nSPS) is 11.6. The van der Waals surface area contributed by atoms with Crippen molar-refractivity contribution in [1.29, 1.82) is 0 Å². The third-order valence-electron chi connectivity index (χ3n) is 5.21. The minimum absolute atomic E-state index is 0.413. The first-order valence-corrected chi connectivity index (χ1v) is 14.0. The van der Waals surface area contributed by atoms with Gasteiger partial charge in [-0.05, 0) is 44.9 Å². The Hall–Kier alpha value is -2.43. The number of anilines is 1. The predicted molar refractivity (Wildman–Crippen MR) is 139 cm³/mol. The zero-order chi connectivity index (χ0) is 25.1. The number of nitrogens with two attached hydrogens (primary N) is 1. The molecule has 10 heteroatoms. The molecule has 0 aliphatic heterocycles. The summed E-state index contributed by atoms with van der Waals surface area (Å²) in [6.07, 6.45) is 4.82. The van der Waals surface area contributed by atoms with Crippen molar-refractivity contribution in [3.05, 3.63) is 24.0 Å². The summed E-state index contributed by atoms with van der Waals surface area (Å²) in [6.45, 7) is 10.9. The van der Waals surface area contributed by atoms with Crippen LogP contribution >= 0.6 is 0 Å². The van der Waals surface area contributed by atoms with Crippen molar-refractivity contribution in [3.63, 3.8) is 0 Å². The number of aryl methyl sites for hydroxylation is 1. The van der Waals surface area contributed by atoms with Gasteiger partial charge in [-0.2, -0.15) is 0 Å². The maximum atomic E-state index is 11.1. The van der Waals surface area contributed by atoms with Crippen molar-refractivity contribution in [1.82, 2.24) is 19.3 Å². The van der Waals surface area contributed by atoms with Gasteiger partial charge < -0.3 is 19.8 Å². The number of ether oxygens (including phenoxy) is 2. The molecule has 0 atom stereocenters.